The molecule has 0 radical (unpaired) electrons. The first-order valence-corrected chi connectivity index (χ1v) is 9.71. The number of amides is 1. The summed E-state index contributed by atoms with van der Waals surface area (Å²) in [5.41, 5.74) is 8.92. The van der Waals surface area contributed by atoms with E-state index in [0.29, 0.717) is 24.6 Å². The zero-order valence-corrected chi connectivity index (χ0v) is 19.9. The van der Waals surface area contributed by atoms with Crippen LogP contribution in [0.1, 0.15) is 27.0 Å². The Kier molecular flexibility index (Phi) is 9.33. The number of ether oxygens (including phenoxy) is 1. The summed E-state index contributed by atoms with van der Waals surface area (Å²) in [6.07, 6.45) is 0. The zero-order chi connectivity index (χ0) is 21.3. The van der Waals surface area contributed by atoms with E-state index in [2.05, 4.69) is 21.7 Å². The van der Waals surface area contributed by atoms with Crippen LogP contribution in [0.4, 0.5) is 0 Å². The van der Waals surface area contributed by atoms with Crippen molar-refractivity contribution in [3.63, 3.8) is 0 Å². The average molecular weight is 530 g/mol. The third kappa shape index (κ3) is 7.29. The lowest BCUT2D eigenvalue weighted by Crippen LogP contribution is -2.36. The lowest BCUT2D eigenvalue weighted by molar-refractivity contribution is 0.1000. The van der Waals surface area contributed by atoms with Gasteiger partial charge in [0.15, 0.2) is 5.96 Å². The standard InChI is InChI=1S/C24H26N4O2.HI/c1-17-11-12-20(22(13-17)30-21-9-4-3-5-10-21)16-28-24(26-2)27-15-18-7-6-8-19(14-18)23(25)29;/h3-14H,15-16H2,1-2H3,(H2,25,29)(H2,26,27,28);1H. The highest BCUT2D eigenvalue weighted by molar-refractivity contribution is 14.0. The first kappa shape index (κ1) is 24.2. The molecule has 162 valence electrons. The van der Waals surface area contributed by atoms with E-state index < -0.39 is 5.91 Å². The van der Waals surface area contributed by atoms with Crippen LogP contribution in [-0.2, 0) is 13.1 Å². The largest absolute Gasteiger partial charge is 0.457 e. The predicted molar refractivity (Wildman–Crippen MR) is 135 cm³/mol. The fraction of sp³-hybridized carbons (Fsp3) is 0.167. The number of rotatable bonds is 7. The number of nitrogens with two attached hydrogens (primary N) is 1. The van der Waals surface area contributed by atoms with E-state index in [1.54, 1.807) is 19.2 Å². The topological polar surface area (TPSA) is 88.7 Å². The molecule has 0 atom stereocenters. The van der Waals surface area contributed by atoms with E-state index in [0.717, 1.165) is 28.2 Å². The number of aliphatic imine (C=N–C) groups is 1. The molecule has 6 nitrogen and oxygen atoms in total. The lowest BCUT2D eigenvalue weighted by Gasteiger charge is -2.15. The van der Waals surface area contributed by atoms with Crippen LogP contribution >= 0.6 is 24.0 Å². The fourth-order valence-corrected chi connectivity index (χ4v) is 2.94. The third-order valence-electron chi connectivity index (χ3n) is 4.54. The molecule has 7 heteroatoms. The van der Waals surface area contributed by atoms with Gasteiger partial charge in [0.25, 0.3) is 0 Å². The van der Waals surface area contributed by atoms with Crippen LogP contribution < -0.4 is 21.1 Å². The molecule has 0 unspecified atom stereocenters. The average Bonchev–Trinajstić information content (AvgIpc) is 2.76. The van der Waals surface area contributed by atoms with Crippen molar-refractivity contribution >= 4 is 35.8 Å². The number of primary amides is 1. The summed E-state index contributed by atoms with van der Waals surface area (Å²) in [5.74, 6) is 1.80. The lowest BCUT2D eigenvalue weighted by atomic mass is 10.1. The van der Waals surface area contributed by atoms with Crippen molar-refractivity contribution in [2.75, 3.05) is 7.05 Å². The van der Waals surface area contributed by atoms with Crippen LogP contribution in [0.2, 0.25) is 0 Å². The van der Waals surface area contributed by atoms with Gasteiger partial charge in [-0.05, 0) is 48.4 Å². The van der Waals surface area contributed by atoms with Crippen molar-refractivity contribution < 1.29 is 9.53 Å². The molecule has 0 spiro atoms. The summed E-state index contributed by atoms with van der Waals surface area (Å²) in [7, 11) is 1.71. The molecular formula is C24H27IN4O2. The molecule has 3 aromatic rings. The second-order valence-corrected chi connectivity index (χ2v) is 6.87. The van der Waals surface area contributed by atoms with Crippen LogP contribution in [0.3, 0.4) is 0 Å². The van der Waals surface area contributed by atoms with E-state index >= 15 is 0 Å². The molecule has 3 rings (SSSR count). The maximum atomic E-state index is 11.3. The van der Waals surface area contributed by atoms with E-state index in [1.165, 1.54) is 0 Å². The summed E-state index contributed by atoms with van der Waals surface area (Å²) in [4.78, 5) is 15.6. The number of hydrogen-bond donors (Lipinski definition) is 3. The van der Waals surface area contributed by atoms with Crippen molar-refractivity contribution in [3.05, 3.63) is 95.1 Å². The number of aryl methyl sites for hydroxylation is 1. The normalized spacial score (nSPS) is 10.7. The minimum Gasteiger partial charge on any atom is -0.457 e. The first-order valence-electron chi connectivity index (χ1n) is 9.71. The Bertz CT molecular complexity index is 1040. The van der Waals surface area contributed by atoms with Crippen LogP contribution in [0.25, 0.3) is 0 Å². The van der Waals surface area contributed by atoms with Gasteiger partial charge >= 0.3 is 0 Å². The quantitative estimate of drug-likeness (QED) is 0.241. The Morgan fingerprint density at radius 1 is 0.968 bits per heavy atom. The summed E-state index contributed by atoms with van der Waals surface area (Å²) < 4.78 is 6.08. The summed E-state index contributed by atoms with van der Waals surface area (Å²) in [5, 5.41) is 6.55. The van der Waals surface area contributed by atoms with Gasteiger partial charge in [-0.15, -0.1) is 24.0 Å². The maximum absolute atomic E-state index is 11.3. The molecule has 0 bridgehead atoms. The smallest absolute Gasteiger partial charge is 0.248 e. The molecular weight excluding hydrogens is 503 g/mol. The number of halogens is 1. The molecule has 0 aliphatic heterocycles. The van der Waals surface area contributed by atoms with Crippen molar-refractivity contribution in [1.82, 2.24) is 10.6 Å². The van der Waals surface area contributed by atoms with Gasteiger partial charge in [-0.1, -0.05) is 42.5 Å². The Morgan fingerprint density at radius 2 is 1.71 bits per heavy atom. The number of carbonyl (C=O) groups is 1. The summed E-state index contributed by atoms with van der Waals surface area (Å²) in [6, 6.07) is 23.1. The Hall–Kier alpha value is -3.07. The molecule has 0 fully saturated rings. The van der Waals surface area contributed by atoms with Gasteiger partial charge in [0, 0.05) is 31.3 Å². The Labute approximate surface area is 199 Å². The van der Waals surface area contributed by atoms with Crippen molar-refractivity contribution in [1.29, 1.82) is 0 Å². The Balaban J connectivity index is 0.00000341. The van der Waals surface area contributed by atoms with Crippen molar-refractivity contribution in [2.45, 2.75) is 20.0 Å². The molecule has 0 saturated heterocycles. The number of benzene rings is 3. The van der Waals surface area contributed by atoms with Crippen LogP contribution in [-0.4, -0.2) is 18.9 Å². The van der Waals surface area contributed by atoms with Crippen LogP contribution in [0.15, 0.2) is 77.8 Å². The van der Waals surface area contributed by atoms with Crippen molar-refractivity contribution in [2.24, 2.45) is 10.7 Å². The molecule has 4 N–H and O–H groups in total. The number of carbonyl (C=O) groups excluding carboxylic acids is 1. The molecule has 0 heterocycles. The minimum absolute atomic E-state index is 0. The summed E-state index contributed by atoms with van der Waals surface area (Å²) >= 11 is 0. The number of nitrogens with zero attached hydrogens (tertiary/aromatic N) is 1. The number of para-hydroxylation sites is 1. The van der Waals surface area contributed by atoms with Gasteiger partial charge < -0.3 is 21.1 Å². The van der Waals surface area contributed by atoms with Gasteiger partial charge in [0.2, 0.25) is 5.91 Å². The van der Waals surface area contributed by atoms with Gasteiger partial charge in [0.05, 0.1) is 0 Å². The molecule has 1 amide bonds. The van der Waals surface area contributed by atoms with Gasteiger partial charge in [-0.25, -0.2) is 0 Å². The molecule has 0 aliphatic rings. The highest BCUT2D eigenvalue weighted by Gasteiger charge is 2.08. The van der Waals surface area contributed by atoms with E-state index in [1.807, 2.05) is 61.5 Å². The van der Waals surface area contributed by atoms with E-state index in [-0.39, 0.29) is 24.0 Å². The highest BCUT2D eigenvalue weighted by atomic mass is 127. The second kappa shape index (κ2) is 11.9. The highest BCUT2D eigenvalue weighted by Crippen LogP contribution is 2.26. The second-order valence-electron chi connectivity index (χ2n) is 6.87. The molecule has 0 aliphatic carbocycles. The SMILES string of the molecule is CN=C(NCc1cccc(C(N)=O)c1)NCc1ccc(C)cc1Oc1ccccc1.I. The molecule has 31 heavy (non-hydrogen) atoms. The predicted octanol–water partition coefficient (Wildman–Crippen LogP) is 4.37. The number of hydrogen-bond acceptors (Lipinski definition) is 3. The van der Waals surface area contributed by atoms with E-state index in [4.69, 9.17) is 10.5 Å². The molecule has 0 saturated carbocycles. The zero-order valence-electron chi connectivity index (χ0n) is 17.6. The first-order chi connectivity index (χ1) is 14.5. The van der Waals surface area contributed by atoms with Crippen LogP contribution in [0, 0.1) is 6.92 Å². The molecule has 3 aromatic carbocycles. The fourth-order valence-electron chi connectivity index (χ4n) is 2.94. The Morgan fingerprint density at radius 3 is 2.42 bits per heavy atom. The van der Waals surface area contributed by atoms with Crippen molar-refractivity contribution in [3.8, 4) is 11.5 Å². The number of guanidine groups is 1. The minimum atomic E-state index is -0.440. The third-order valence-corrected chi connectivity index (χ3v) is 4.54. The monoisotopic (exact) mass is 530 g/mol. The van der Waals surface area contributed by atoms with Gasteiger partial charge in [-0.2, -0.15) is 0 Å². The summed E-state index contributed by atoms with van der Waals surface area (Å²) in [6.45, 7) is 3.10. The van der Waals surface area contributed by atoms with E-state index in [9.17, 15) is 4.79 Å². The van der Waals surface area contributed by atoms with Crippen LogP contribution in [0.5, 0.6) is 11.5 Å². The molecule has 0 aromatic heterocycles. The number of nitrogens with one attached hydrogen (secondary N) is 2. The van der Waals surface area contributed by atoms with Gasteiger partial charge in [-0.3, -0.25) is 9.79 Å². The maximum Gasteiger partial charge on any atom is 0.248 e. The van der Waals surface area contributed by atoms with Gasteiger partial charge in [0.1, 0.15) is 11.5 Å².